The lowest BCUT2D eigenvalue weighted by molar-refractivity contribution is 0.130. The quantitative estimate of drug-likeness (QED) is 0.734. The zero-order chi connectivity index (χ0) is 19.3. The number of nitrogens with one attached hydrogen (secondary N) is 1. The van der Waals surface area contributed by atoms with Crippen LogP contribution < -0.4 is 0 Å². The third kappa shape index (κ3) is 2.79. The van der Waals surface area contributed by atoms with Crippen molar-refractivity contribution in [2.75, 3.05) is 14.1 Å². The van der Waals surface area contributed by atoms with Crippen molar-refractivity contribution in [3.8, 4) is 11.3 Å². The number of alkyl halides is 1. The fourth-order valence-electron chi connectivity index (χ4n) is 4.26. The van der Waals surface area contributed by atoms with Gasteiger partial charge in [-0.15, -0.1) is 0 Å². The molecule has 3 aromatic heterocycles. The Morgan fingerprint density at radius 1 is 1.21 bits per heavy atom. The molecule has 5 rings (SSSR count). The summed E-state index contributed by atoms with van der Waals surface area (Å²) in [5.74, 6) is 0. The number of H-pyrrole nitrogens is 1. The summed E-state index contributed by atoms with van der Waals surface area (Å²) >= 11 is 0. The summed E-state index contributed by atoms with van der Waals surface area (Å²) in [4.78, 5) is 14.7. The van der Waals surface area contributed by atoms with Gasteiger partial charge in [0, 0.05) is 41.8 Å². The van der Waals surface area contributed by atoms with Gasteiger partial charge in [0.05, 0.1) is 17.7 Å². The molecule has 1 fully saturated rings. The molecular weight excluding hydrogens is 353 g/mol. The lowest BCUT2D eigenvalue weighted by atomic mass is 9.85. The van der Waals surface area contributed by atoms with Crippen LogP contribution in [0.25, 0.3) is 27.9 Å². The Bertz CT molecular complexity index is 1070. The first-order chi connectivity index (χ1) is 13.6. The molecule has 0 bridgehead atoms. The van der Waals surface area contributed by atoms with Crippen LogP contribution >= 0.6 is 0 Å². The summed E-state index contributed by atoms with van der Waals surface area (Å²) in [5.41, 5.74) is 5.00. The number of nitrogens with zero attached hydrogens (tertiary/aromatic N) is 4. The number of allylic oxidation sites excluding steroid dienone is 4. The molecule has 0 aliphatic heterocycles. The molecule has 0 aromatic carbocycles. The van der Waals surface area contributed by atoms with E-state index in [2.05, 4.69) is 45.7 Å². The Hall–Kier alpha value is -2.73. The smallest absolute Gasteiger partial charge is 0.137 e. The molecule has 0 spiro atoms. The molecule has 144 valence electrons. The van der Waals surface area contributed by atoms with E-state index < -0.39 is 6.17 Å². The van der Waals surface area contributed by atoms with Gasteiger partial charge in [0.15, 0.2) is 0 Å². The fourth-order valence-corrected chi connectivity index (χ4v) is 4.26. The third-order valence-corrected chi connectivity index (χ3v) is 6.04. The van der Waals surface area contributed by atoms with Gasteiger partial charge in [0.1, 0.15) is 11.8 Å². The molecule has 0 radical (unpaired) electrons. The number of rotatable bonds is 4. The first-order valence-corrected chi connectivity index (χ1v) is 9.80. The van der Waals surface area contributed by atoms with Gasteiger partial charge in [-0.3, -0.25) is 0 Å². The molecule has 1 N–H and O–H groups in total. The molecule has 1 saturated carbocycles. The van der Waals surface area contributed by atoms with Gasteiger partial charge in [-0.05, 0) is 50.7 Å². The zero-order valence-corrected chi connectivity index (χ0v) is 16.1. The number of imidazole rings is 1. The van der Waals surface area contributed by atoms with Crippen LogP contribution in [0.2, 0.25) is 0 Å². The second-order valence-corrected chi connectivity index (χ2v) is 7.96. The second kappa shape index (κ2) is 6.71. The molecule has 3 heterocycles. The van der Waals surface area contributed by atoms with Crippen LogP contribution in [0, 0.1) is 0 Å². The van der Waals surface area contributed by atoms with E-state index in [1.54, 1.807) is 6.08 Å². The number of hydrogen-bond donors (Lipinski definition) is 1. The molecule has 2 aliphatic rings. The molecule has 6 heteroatoms. The number of halogens is 1. The monoisotopic (exact) mass is 377 g/mol. The zero-order valence-electron chi connectivity index (χ0n) is 16.1. The van der Waals surface area contributed by atoms with Crippen LogP contribution in [-0.2, 0) is 0 Å². The minimum Gasteiger partial charge on any atom is -0.346 e. The van der Waals surface area contributed by atoms with Crippen LogP contribution in [0.4, 0.5) is 4.39 Å². The number of aromatic amines is 1. The van der Waals surface area contributed by atoms with E-state index in [1.807, 2.05) is 30.9 Å². The largest absolute Gasteiger partial charge is 0.346 e. The first-order valence-electron chi connectivity index (χ1n) is 9.80. The van der Waals surface area contributed by atoms with Gasteiger partial charge < -0.3 is 14.5 Å². The molecule has 1 unspecified atom stereocenters. The summed E-state index contributed by atoms with van der Waals surface area (Å²) in [6.07, 6.45) is 12.9. The highest BCUT2D eigenvalue weighted by molar-refractivity contribution is 5.95. The Kier molecular flexibility index (Phi) is 4.16. The second-order valence-electron chi connectivity index (χ2n) is 7.96. The van der Waals surface area contributed by atoms with Crippen molar-refractivity contribution in [1.29, 1.82) is 0 Å². The van der Waals surface area contributed by atoms with Gasteiger partial charge in [0.25, 0.3) is 0 Å². The van der Waals surface area contributed by atoms with Crippen molar-refractivity contribution < 1.29 is 4.39 Å². The fraction of sp³-hybridized carbons (Fsp3) is 0.364. The molecule has 3 aromatic rings. The van der Waals surface area contributed by atoms with Crippen LogP contribution in [0.3, 0.4) is 0 Å². The van der Waals surface area contributed by atoms with E-state index in [9.17, 15) is 4.39 Å². The van der Waals surface area contributed by atoms with Gasteiger partial charge in [-0.25, -0.2) is 14.4 Å². The summed E-state index contributed by atoms with van der Waals surface area (Å²) < 4.78 is 15.9. The standard InChI is InChI=1S/C22H24FN5/c1-27(2)16-11-17(12-16)28-13-26-20(14-3-5-15(23)6-4-14)21(28)18-7-9-24-22-19(18)8-10-25-22/h3-5,7-10,13,15-17H,6,11-12H2,1-2H3,(H,24,25)/t15?,16-,17-. The topological polar surface area (TPSA) is 49.7 Å². The number of hydrogen-bond acceptors (Lipinski definition) is 3. The third-order valence-electron chi connectivity index (χ3n) is 6.04. The molecule has 2 aliphatic carbocycles. The van der Waals surface area contributed by atoms with E-state index in [0.717, 1.165) is 46.4 Å². The van der Waals surface area contributed by atoms with Crippen LogP contribution in [-0.4, -0.2) is 50.7 Å². The average Bonchev–Trinajstić information content (AvgIpc) is 3.28. The van der Waals surface area contributed by atoms with E-state index in [4.69, 9.17) is 4.98 Å². The Labute approximate surface area is 163 Å². The SMILES string of the molecule is CN(C)[C@H]1C[C@H](n2cnc(C3=CCC(F)C=C3)c2-c2ccnc3[nH]ccc23)C1. The summed E-state index contributed by atoms with van der Waals surface area (Å²) in [6, 6.07) is 5.15. The van der Waals surface area contributed by atoms with Crippen LogP contribution in [0.1, 0.15) is 31.0 Å². The van der Waals surface area contributed by atoms with Crippen molar-refractivity contribution in [1.82, 2.24) is 24.4 Å². The van der Waals surface area contributed by atoms with Gasteiger partial charge in [-0.2, -0.15) is 0 Å². The molecule has 28 heavy (non-hydrogen) atoms. The van der Waals surface area contributed by atoms with Crippen LogP contribution in [0.15, 0.2) is 49.1 Å². The normalized spacial score (nSPS) is 24.6. The highest BCUT2D eigenvalue weighted by Crippen LogP contribution is 2.42. The Balaban J connectivity index is 1.63. The van der Waals surface area contributed by atoms with Gasteiger partial charge >= 0.3 is 0 Å². The predicted octanol–water partition coefficient (Wildman–Crippen LogP) is 4.37. The molecule has 1 atom stereocenters. The Morgan fingerprint density at radius 3 is 2.82 bits per heavy atom. The predicted molar refractivity (Wildman–Crippen MR) is 110 cm³/mol. The summed E-state index contributed by atoms with van der Waals surface area (Å²) in [6.45, 7) is 0. The lowest BCUT2D eigenvalue weighted by Crippen LogP contribution is -2.41. The maximum atomic E-state index is 13.6. The van der Waals surface area contributed by atoms with Crippen molar-refractivity contribution >= 4 is 16.6 Å². The van der Waals surface area contributed by atoms with Gasteiger partial charge in [0.2, 0.25) is 0 Å². The molecule has 5 nitrogen and oxygen atoms in total. The highest BCUT2D eigenvalue weighted by Gasteiger charge is 2.34. The minimum absolute atomic E-state index is 0.403. The van der Waals surface area contributed by atoms with Crippen molar-refractivity contribution in [2.45, 2.75) is 37.5 Å². The van der Waals surface area contributed by atoms with E-state index in [1.165, 1.54) is 0 Å². The van der Waals surface area contributed by atoms with Crippen molar-refractivity contribution in [3.05, 3.63) is 54.8 Å². The summed E-state index contributed by atoms with van der Waals surface area (Å²) in [5, 5.41) is 1.08. The van der Waals surface area contributed by atoms with Crippen molar-refractivity contribution in [3.63, 3.8) is 0 Å². The molecular formula is C22H24FN5. The lowest BCUT2D eigenvalue weighted by Gasteiger charge is -2.41. The number of aromatic nitrogens is 4. The van der Waals surface area contributed by atoms with Crippen LogP contribution in [0.5, 0.6) is 0 Å². The first kappa shape index (κ1) is 17.4. The number of fused-ring (bicyclic) bond motifs is 1. The highest BCUT2D eigenvalue weighted by atomic mass is 19.1. The van der Waals surface area contributed by atoms with Crippen molar-refractivity contribution in [2.24, 2.45) is 0 Å². The van der Waals surface area contributed by atoms with E-state index >= 15 is 0 Å². The van der Waals surface area contributed by atoms with Gasteiger partial charge in [-0.1, -0.05) is 12.2 Å². The van der Waals surface area contributed by atoms with E-state index in [0.29, 0.717) is 18.5 Å². The van der Waals surface area contributed by atoms with E-state index in [-0.39, 0.29) is 0 Å². The number of pyridine rings is 1. The molecule has 0 amide bonds. The minimum atomic E-state index is -0.904. The Morgan fingerprint density at radius 2 is 2.07 bits per heavy atom. The maximum Gasteiger partial charge on any atom is 0.137 e. The average molecular weight is 377 g/mol. The summed E-state index contributed by atoms with van der Waals surface area (Å²) in [7, 11) is 4.27. The maximum absolute atomic E-state index is 13.6. The molecule has 0 saturated heterocycles.